The van der Waals surface area contributed by atoms with Gasteiger partial charge in [0.05, 0.1) is 17.7 Å². The summed E-state index contributed by atoms with van der Waals surface area (Å²) in [5, 5.41) is 7.45. The molecule has 2 fully saturated rings. The van der Waals surface area contributed by atoms with Crippen LogP contribution in [0, 0.1) is 11.8 Å². The first kappa shape index (κ1) is 20.2. The van der Waals surface area contributed by atoms with Gasteiger partial charge in [0.25, 0.3) is 0 Å². The normalized spacial score (nSPS) is 22.7. The van der Waals surface area contributed by atoms with Crippen molar-refractivity contribution in [3.8, 4) is 0 Å². The number of carbonyl (C=O) groups excluding carboxylic acids is 2. The van der Waals surface area contributed by atoms with Gasteiger partial charge in [-0.1, -0.05) is 43.7 Å². The highest BCUT2D eigenvalue weighted by Crippen LogP contribution is 2.36. The molecule has 1 saturated heterocycles. The predicted molar refractivity (Wildman–Crippen MR) is 114 cm³/mol. The van der Waals surface area contributed by atoms with E-state index >= 15 is 0 Å². The molecule has 0 bridgehead atoms. The Morgan fingerprint density at radius 1 is 1.21 bits per heavy atom. The lowest BCUT2D eigenvalue weighted by Gasteiger charge is -2.30. The molecule has 1 amide bonds. The molecule has 1 aliphatic carbocycles. The van der Waals surface area contributed by atoms with Crippen LogP contribution in [0.2, 0.25) is 5.02 Å². The molecule has 1 saturated carbocycles. The van der Waals surface area contributed by atoms with Crippen molar-refractivity contribution < 1.29 is 14.3 Å². The maximum absolute atomic E-state index is 13.0. The third-order valence-corrected chi connectivity index (χ3v) is 6.68. The van der Waals surface area contributed by atoms with Gasteiger partial charge >= 0.3 is 5.97 Å². The molecule has 0 radical (unpaired) electrons. The summed E-state index contributed by atoms with van der Waals surface area (Å²) in [5.74, 6) is 0.577. The molecule has 4 rings (SSSR count). The number of esters is 1. The van der Waals surface area contributed by atoms with Crippen molar-refractivity contribution in [2.45, 2.75) is 51.5 Å². The van der Waals surface area contributed by atoms with Crippen LogP contribution in [0.5, 0.6) is 0 Å². The highest BCUT2D eigenvalue weighted by Gasteiger charge is 2.38. The summed E-state index contributed by atoms with van der Waals surface area (Å²) in [7, 11) is 0. The number of ether oxygens (including phenoxy) is 1. The summed E-state index contributed by atoms with van der Waals surface area (Å²) < 4.78 is 5.04. The molecule has 7 heteroatoms. The van der Waals surface area contributed by atoms with E-state index in [0.717, 1.165) is 18.5 Å². The van der Waals surface area contributed by atoms with Crippen molar-refractivity contribution in [3.63, 3.8) is 0 Å². The maximum Gasteiger partial charge on any atom is 0.356 e. The van der Waals surface area contributed by atoms with E-state index < -0.39 is 5.97 Å². The molecule has 6 nitrogen and oxygen atoms in total. The third kappa shape index (κ3) is 4.14. The fourth-order valence-corrected chi connectivity index (χ4v) is 5.16. The Kier molecular flexibility index (Phi) is 6.11. The summed E-state index contributed by atoms with van der Waals surface area (Å²) in [5.41, 5.74) is 1.65. The lowest BCUT2D eigenvalue weighted by atomic mass is 9.76. The van der Waals surface area contributed by atoms with Gasteiger partial charge in [0, 0.05) is 16.6 Å². The number of aromatic amines is 1. The van der Waals surface area contributed by atoms with Gasteiger partial charge in [0.1, 0.15) is 5.69 Å². The van der Waals surface area contributed by atoms with Gasteiger partial charge in [-0.15, -0.1) is 0 Å². The summed E-state index contributed by atoms with van der Waals surface area (Å²) >= 11 is 6.39. The molecule has 1 unspecified atom stereocenters. The van der Waals surface area contributed by atoms with Gasteiger partial charge in [-0.3, -0.25) is 4.79 Å². The van der Waals surface area contributed by atoms with Crippen LogP contribution in [0.3, 0.4) is 0 Å². The number of carbonyl (C=O) groups is 2. The zero-order valence-corrected chi connectivity index (χ0v) is 17.5. The number of rotatable bonds is 5. The van der Waals surface area contributed by atoms with Gasteiger partial charge in [-0.2, -0.15) is 0 Å². The molecule has 0 spiro atoms. The number of nitrogens with one attached hydrogen (secondary N) is 3. The number of aromatic nitrogens is 1. The lowest BCUT2D eigenvalue weighted by molar-refractivity contribution is -0.119. The van der Waals surface area contributed by atoms with E-state index in [9.17, 15) is 9.59 Å². The van der Waals surface area contributed by atoms with E-state index in [0.29, 0.717) is 27.9 Å². The molecule has 1 aromatic heterocycles. The fourth-order valence-electron chi connectivity index (χ4n) is 4.88. The molecule has 29 heavy (non-hydrogen) atoms. The van der Waals surface area contributed by atoms with E-state index in [1.165, 1.54) is 32.1 Å². The largest absolute Gasteiger partial charge is 0.461 e. The van der Waals surface area contributed by atoms with Gasteiger partial charge in [-0.25, -0.2) is 4.79 Å². The molecule has 2 aromatic rings. The average Bonchev–Trinajstić information content (AvgIpc) is 3.34. The molecule has 2 aliphatic rings. The second-order valence-corrected chi connectivity index (χ2v) is 8.44. The van der Waals surface area contributed by atoms with Crippen molar-refractivity contribution in [1.82, 2.24) is 10.3 Å². The van der Waals surface area contributed by atoms with E-state index in [1.54, 1.807) is 13.0 Å². The molecule has 2 atom stereocenters. The second kappa shape index (κ2) is 8.76. The van der Waals surface area contributed by atoms with Crippen LogP contribution in [-0.4, -0.2) is 36.1 Å². The number of H-pyrrole nitrogens is 1. The standard InChI is InChI=1S/C22H28ClN3O3/c1-2-29-22(28)20-18(23)16-12-14(8-9-17(16)26-20)25-21(27)19-15(10-11-24-19)13-6-4-3-5-7-13/h8-9,12-13,15,19,24,26H,2-7,10-11H2,1H3,(H,25,27)/t15?,19-/m0/s1. The van der Waals surface area contributed by atoms with Crippen LogP contribution in [0.1, 0.15) is 55.9 Å². The maximum atomic E-state index is 13.0. The Labute approximate surface area is 175 Å². The number of benzene rings is 1. The topological polar surface area (TPSA) is 83.2 Å². The van der Waals surface area contributed by atoms with E-state index in [-0.39, 0.29) is 24.2 Å². The van der Waals surface area contributed by atoms with Crippen molar-refractivity contribution in [3.05, 3.63) is 28.9 Å². The Morgan fingerprint density at radius 3 is 2.76 bits per heavy atom. The average molecular weight is 418 g/mol. The molecular formula is C22H28ClN3O3. The first-order valence-electron chi connectivity index (χ1n) is 10.6. The molecular weight excluding hydrogens is 390 g/mol. The number of fused-ring (bicyclic) bond motifs is 1. The van der Waals surface area contributed by atoms with Crippen molar-refractivity contribution in [2.75, 3.05) is 18.5 Å². The van der Waals surface area contributed by atoms with E-state index in [1.807, 2.05) is 12.1 Å². The smallest absolute Gasteiger partial charge is 0.356 e. The summed E-state index contributed by atoms with van der Waals surface area (Å²) in [6.45, 7) is 2.92. The van der Waals surface area contributed by atoms with Crippen LogP contribution in [0.15, 0.2) is 18.2 Å². The van der Waals surface area contributed by atoms with Crippen LogP contribution in [-0.2, 0) is 9.53 Å². The minimum absolute atomic E-state index is 0.00898. The van der Waals surface area contributed by atoms with Gasteiger partial charge in [-0.05, 0) is 49.9 Å². The van der Waals surface area contributed by atoms with Gasteiger partial charge in [0.15, 0.2) is 0 Å². The number of hydrogen-bond acceptors (Lipinski definition) is 4. The van der Waals surface area contributed by atoms with Crippen LogP contribution in [0.25, 0.3) is 10.9 Å². The summed E-state index contributed by atoms with van der Waals surface area (Å²) in [6.07, 6.45) is 7.41. The van der Waals surface area contributed by atoms with E-state index in [2.05, 4.69) is 15.6 Å². The number of amides is 1. The summed E-state index contributed by atoms with van der Waals surface area (Å²) in [6, 6.07) is 5.30. The SMILES string of the molecule is CCOC(=O)c1[nH]c2ccc(NC(=O)[C@H]3NCCC3C3CCCCC3)cc2c1Cl. The number of halogens is 1. The highest BCUT2D eigenvalue weighted by atomic mass is 35.5. The highest BCUT2D eigenvalue weighted by molar-refractivity contribution is 6.38. The van der Waals surface area contributed by atoms with Gasteiger partial charge in [0.2, 0.25) is 5.91 Å². The van der Waals surface area contributed by atoms with Crippen LogP contribution in [0.4, 0.5) is 5.69 Å². The Bertz CT molecular complexity index is 904. The lowest BCUT2D eigenvalue weighted by Crippen LogP contribution is -2.42. The molecule has 156 valence electrons. The van der Waals surface area contributed by atoms with Crippen molar-refractivity contribution in [2.24, 2.45) is 11.8 Å². The van der Waals surface area contributed by atoms with Crippen molar-refractivity contribution >= 4 is 40.1 Å². The molecule has 2 heterocycles. The minimum Gasteiger partial charge on any atom is -0.461 e. The molecule has 1 aromatic carbocycles. The first-order chi connectivity index (χ1) is 14.1. The summed E-state index contributed by atoms with van der Waals surface area (Å²) in [4.78, 5) is 28.0. The quantitative estimate of drug-likeness (QED) is 0.625. The van der Waals surface area contributed by atoms with Crippen molar-refractivity contribution in [1.29, 1.82) is 0 Å². The second-order valence-electron chi connectivity index (χ2n) is 8.07. The monoisotopic (exact) mass is 417 g/mol. The van der Waals surface area contributed by atoms with Gasteiger partial charge < -0.3 is 20.4 Å². The first-order valence-corrected chi connectivity index (χ1v) is 11.0. The van der Waals surface area contributed by atoms with Crippen LogP contribution < -0.4 is 10.6 Å². The number of anilines is 1. The number of hydrogen-bond donors (Lipinski definition) is 3. The van der Waals surface area contributed by atoms with Crippen LogP contribution >= 0.6 is 11.6 Å². The zero-order valence-electron chi connectivity index (χ0n) is 16.7. The third-order valence-electron chi connectivity index (χ3n) is 6.29. The Morgan fingerprint density at radius 2 is 2.00 bits per heavy atom. The fraction of sp³-hybridized carbons (Fsp3) is 0.545. The Hall–Kier alpha value is -2.05. The molecule has 1 aliphatic heterocycles. The predicted octanol–water partition coefficient (Wildman–Crippen LogP) is 4.49. The zero-order chi connectivity index (χ0) is 20.4. The Balaban J connectivity index is 1.50. The van der Waals surface area contributed by atoms with E-state index in [4.69, 9.17) is 16.3 Å². The minimum atomic E-state index is -0.482. The molecule has 3 N–H and O–H groups in total.